The van der Waals surface area contributed by atoms with Crippen LogP contribution >= 0.6 is 0 Å². The van der Waals surface area contributed by atoms with E-state index in [-0.39, 0.29) is 11.9 Å². The molecule has 3 aromatic rings. The number of nitrogens with zero attached hydrogens (tertiary/aromatic N) is 6. The summed E-state index contributed by atoms with van der Waals surface area (Å²) in [5.41, 5.74) is 3.04. The average Bonchev–Trinajstić information content (AvgIpc) is 3.48. The average molecular weight is 398 g/mol. The van der Waals surface area contributed by atoms with Crippen LogP contribution in [0.2, 0.25) is 0 Å². The van der Waals surface area contributed by atoms with Gasteiger partial charge in [0.15, 0.2) is 0 Å². The summed E-state index contributed by atoms with van der Waals surface area (Å²) in [6, 6.07) is 17.7. The monoisotopic (exact) mass is 398 g/mol. The molecule has 2 aromatic carbocycles. The zero-order chi connectivity index (χ0) is 20.5. The third kappa shape index (κ3) is 3.20. The van der Waals surface area contributed by atoms with Gasteiger partial charge in [-0.25, -0.2) is 0 Å². The van der Waals surface area contributed by atoms with Crippen LogP contribution in [-0.4, -0.2) is 51.5 Å². The number of hydrogen-bond donors (Lipinski definition) is 0. The number of anilines is 1. The van der Waals surface area contributed by atoms with Gasteiger partial charge >= 0.3 is 0 Å². The number of para-hydroxylation sites is 1. The summed E-state index contributed by atoms with van der Waals surface area (Å²) in [4.78, 5) is 19.3. The molecule has 0 unspecified atom stereocenters. The van der Waals surface area contributed by atoms with Crippen LogP contribution in [0, 0.1) is 17.2 Å². The highest BCUT2D eigenvalue weighted by Crippen LogP contribution is 2.36. The van der Waals surface area contributed by atoms with Crippen molar-refractivity contribution in [2.24, 2.45) is 5.92 Å². The van der Waals surface area contributed by atoms with Crippen LogP contribution in [0.1, 0.15) is 28.8 Å². The van der Waals surface area contributed by atoms with Crippen LogP contribution in [0.25, 0.3) is 5.69 Å². The third-order valence-electron chi connectivity index (χ3n) is 6.23. The van der Waals surface area contributed by atoms with E-state index in [0.29, 0.717) is 29.3 Å². The molecule has 150 valence electrons. The van der Waals surface area contributed by atoms with Crippen molar-refractivity contribution in [2.45, 2.75) is 18.9 Å². The fraction of sp³-hybridized carbons (Fsp3) is 0.304. The fourth-order valence-electron chi connectivity index (χ4n) is 4.74. The van der Waals surface area contributed by atoms with Gasteiger partial charge in [0, 0.05) is 31.4 Å². The topological polar surface area (TPSA) is 78.0 Å². The first kappa shape index (κ1) is 18.4. The number of rotatable bonds is 3. The molecular formula is C23H22N6O. The standard InChI is InChI=1S/C23H22N6O/c24-15-17-4-3-5-19(14-17)28-13-9-18-8-12-27(16-22(18)28)23(30)20-6-1-2-7-21(20)29-25-10-11-26-29/h1-7,10-11,14,18,22H,8-9,12-13,16H2/t18-,22-/m0/s1. The van der Waals surface area contributed by atoms with Gasteiger partial charge in [0.2, 0.25) is 0 Å². The van der Waals surface area contributed by atoms with E-state index in [2.05, 4.69) is 27.2 Å². The molecular weight excluding hydrogens is 376 g/mol. The molecule has 1 amide bonds. The molecule has 30 heavy (non-hydrogen) atoms. The van der Waals surface area contributed by atoms with Crippen molar-refractivity contribution >= 4 is 11.6 Å². The highest BCUT2D eigenvalue weighted by molar-refractivity contribution is 5.97. The van der Waals surface area contributed by atoms with Gasteiger partial charge in [-0.1, -0.05) is 18.2 Å². The molecule has 2 saturated heterocycles. The zero-order valence-corrected chi connectivity index (χ0v) is 16.6. The molecule has 0 N–H and O–H groups in total. The Bertz CT molecular complexity index is 1100. The van der Waals surface area contributed by atoms with Gasteiger partial charge in [-0.05, 0) is 49.1 Å². The van der Waals surface area contributed by atoms with Gasteiger partial charge < -0.3 is 9.80 Å². The summed E-state index contributed by atoms with van der Waals surface area (Å²) >= 11 is 0. The Morgan fingerprint density at radius 3 is 2.67 bits per heavy atom. The maximum Gasteiger partial charge on any atom is 0.256 e. The lowest BCUT2D eigenvalue weighted by molar-refractivity contribution is 0.0678. The van der Waals surface area contributed by atoms with E-state index in [9.17, 15) is 10.1 Å². The zero-order valence-electron chi connectivity index (χ0n) is 16.6. The van der Waals surface area contributed by atoms with Crippen molar-refractivity contribution in [2.75, 3.05) is 24.5 Å². The maximum absolute atomic E-state index is 13.4. The lowest BCUT2D eigenvalue weighted by Crippen LogP contribution is -2.50. The summed E-state index contributed by atoms with van der Waals surface area (Å²) in [6.07, 6.45) is 5.33. The molecule has 1 aromatic heterocycles. The minimum Gasteiger partial charge on any atom is -0.366 e. The number of piperidine rings is 1. The molecule has 0 spiro atoms. The van der Waals surface area contributed by atoms with Crippen LogP contribution in [-0.2, 0) is 0 Å². The van der Waals surface area contributed by atoms with Gasteiger partial charge in [-0.2, -0.15) is 20.3 Å². The normalized spacial score (nSPS) is 20.6. The first-order chi connectivity index (χ1) is 14.7. The number of carbonyl (C=O) groups is 1. The lowest BCUT2D eigenvalue weighted by Gasteiger charge is -2.39. The highest BCUT2D eigenvalue weighted by Gasteiger charge is 2.40. The van der Waals surface area contributed by atoms with E-state index >= 15 is 0 Å². The molecule has 0 aliphatic carbocycles. The SMILES string of the molecule is N#Cc1cccc(N2CC[C@@H]3CCN(C(=O)c4ccccc4-n4nccn4)C[C@@H]32)c1. The summed E-state index contributed by atoms with van der Waals surface area (Å²) in [6.45, 7) is 2.40. The van der Waals surface area contributed by atoms with Crippen LogP contribution in [0.5, 0.6) is 0 Å². The third-order valence-corrected chi connectivity index (χ3v) is 6.23. The number of hydrogen-bond acceptors (Lipinski definition) is 5. The molecule has 7 nitrogen and oxygen atoms in total. The number of likely N-dealkylation sites (tertiary alicyclic amines) is 1. The van der Waals surface area contributed by atoms with Crippen LogP contribution < -0.4 is 4.90 Å². The molecule has 2 atom stereocenters. The number of aromatic nitrogens is 3. The second kappa shape index (κ2) is 7.64. The fourth-order valence-corrected chi connectivity index (χ4v) is 4.74. The van der Waals surface area contributed by atoms with Crippen molar-refractivity contribution in [1.29, 1.82) is 5.26 Å². The minimum atomic E-state index is 0.0129. The summed E-state index contributed by atoms with van der Waals surface area (Å²) in [5, 5.41) is 17.6. The Morgan fingerprint density at radius 2 is 1.83 bits per heavy atom. The number of fused-ring (bicyclic) bond motifs is 1. The smallest absolute Gasteiger partial charge is 0.256 e. The second-order valence-corrected chi connectivity index (χ2v) is 7.85. The molecule has 2 aliphatic rings. The van der Waals surface area contributed by atoms with Gasteiger partial charge in [-0.15, -0.1) is 0 Å². The van der Waals surface area contributed by atoms with Crippen molar-refractivity contribution in [3.05, 3.63) is 72.1 Å². The van der Waals surface area contributed by atoms with Crippen LogP contribution in [0.15, 0.2) is 60.9 Å². The molecule has 0 saturated carbocycles. The van der Waals surface area contributed by atoms with E-state index in [1.807, 2.05) is 47.4 Å². The van der Waals surface area contributed by atoms with E-state index in [4.69, 9.17) is 0 Å². The summed E-state index contributed by atoms with van der Waals surface area (Å²) in [7, 11) is 0. The number of carbonyl (C=O) groups excluding carboxylic acids is 1. The Hall–Kier alpha value is -3.66. The van der Waals surface area contributed by atoms with Crippen molar-refractivity contribution in [1.82, 2.24) is 19.9 Å². The first-order valence-corrected chi connectivity index (χ1v) is 10.3. The van der Waals surface area contributed by atoms with E-state index < -0.39 is 0 Å². The van der Waals surface area contributed by atoms with E-state index in [1.54, 1.807) is 12.4 Å². The van der Waals surface area contributed by atoms with Gasteiger partial charge in [-0.3, -0.25) is 4.79 Å². The Balaban J connectivity index is 1.40. The van der Waals surface area contributed by atoms with Crippen molar-refractivity contribution < 1.29 is 4.79 Å². The van der Waals surface area contributed by atoms with Crippen LogP contribution in [0.3, 0.4) is 0 Å². The predicted molar refractivity (Wildman–Crippen MR) is 112 cm³/mol. The molecule has 2 aliphatic heterocycles. The predicted octanol–water partition coefficient (Wildman–Crippen LogP) is 2.88. The lowest BCUT2D eigenvalue weighted by atomic mass is 9.91. The first-order valence-electron chi connectivity index (χ1n) is 10.3. The Kier molecular flexibility index (Phi) is 4.68. The minimum absolute atomic E-state index is 0.0129. The number of nitriles is 1. The van der Waals surface area contributed by atoms with Gasteiger partial charge in [0.1, 0.15) is 0 Å². The quantitative estimate of drug-likeness (QED) is 0.678. The van der Waals surface area contributed by atoms with Crippen LogP contribution in [0.4, 0.5) is 5.69 Å². The molecule has 3 heterocycles. The second-order valence-electron chi connectivity index (χ2n) is 7.85. The van der Waals surface area contributed by atoms with Crippen molar-refractivity contribution in [3.8, 4) is 11.8 Å². The largest absolute Gasteiger partial charge is 0.366 e. The molecule has 0 bridgehead atoms. The number of amides is 1. The summed E-state index contributed by atoms with van der Waals surface area (Å²) < 4.78 is 0. The maximum atomic E-state index is 13.4. The number of benzene rings is 2. The van der Waals surface area contributed by atoms with E-state index in [1.165, 1.54) is 4.80 Å². The van der Waals surface area contributed by atoms with Gasteiger partial charge in [0.25, 0.3) is 5.91 Å². The Morgan fingerprint density at radius 1 is 1.03 bits per heavy atom. The van der Waals surface area contributed by atoms with Crippen molar-refractivity contribution in [3.63, 3.8) is 0 Å². The summed E-state index contributed by atoms with van der Waals surface area (Å²) in [5.74, 6) is 0.585. The Labute approximate surface area is 175 Å². The molecule has 2 fully saturated rings. The molecule has 0 radical (unpaired) electrons. The van der Waals surface area contributed by atoms with E-state index in [0.717, 1.165) is 31.6 Å². The highest BCUT2D eigenvalue weighted by atomic mass is 16.2. The molecule has 7 heteroatoms. The molecule has 5 rings (SSSR count). The van der Waals surface area contributed by atoms with Gasteiger partial charge in [0.05, 0.1) is 35.3 Å².